The molecule has 0 bridgehead atoms. The second-order valence-electron chi connectivity index (χ2n) is 4.84. The third-order valence-electron chi connectivity index (χ3n) is 3.54. The van der Waals surface area contributed by atoms with Crippen molar-refractivity contribution in [3.8, 4) is 0 Å². The van der Waals surface area contributed by atoms with Crippen LogP contribution in [0.5, 0.6) is 0 Å². The summed E-state index contributed by atoms with van der Waals surface area (Å²) in [5, 5.41) is 2.93. The maximum Gasteiger partial charge on any atom is 0.217 e. The Balaban J connectivity index is 2.30. The summed E-state index contributed by atoms with van der Waals surface area (Å²) >= 11 is 3.32. The first-order valence-electron chi connectivity index (χ1n) is 5.99. The zero-order valence-electron chi connectivity index (χ0n) is 10.4. The van der Waals surface area contributed by atoms with Gasteiger partial charge < -0.3 is 10.2 Å². The Morgan fingerprint density at radius 2 is 2.16 bits per heavy atom. The van der Waals surface area contributed by atoms with Crippen LogP contribution in [0, 0.1) is 0 Å². The first-order chi connectivity index (χ1) is 8.92. The summed E-state index contributed by atoms with van der Waals surface area (Å²) in [7, 11) is -1.49. The van der Waals surface area contributed by atoms with E-state index in [-0.39, 0.29) is 28.7 Å². The molecule has 2 heterocycles. The minimum atomic E-state index is -3.39. The molecule has 0 unspecified atom stereocenters. The molecule has 3 rings (SSSR count). The van der Waals surface area contributed by atoms with Crippen LogP contribution in [0.4, 0.5) is 0 Å². The van der Waals surface area contributed by atoms with Crippen molar-refractivity contribution in [2.75, 3.05) is 25.9 Å². The number of carbonyl (C=O) groups excluding carboxylic acids is 1. The Bertz CT molecular complexity index is 673. The van der Waals surface area contributed by atoms with E-state index in [0.717, 1.165) is 12.1 Å². The van der Waals surface area contributed by atoms with Crippen molar-refractivity contribution in [3.05, 3.63) is 32.4 Å². The molecule has 0 radical (unpaired) electrons. The fourth-order valence-corrected chi connectivity index (χ4v) is 4.76. The number of rotatable bonds is 0. The average Bonchev–Trinajstić information content (AvgIpc) is 2.34. The van der Waals surface area contributed by atoms with Gasteiger partial charge in [-0.15, -0.1) is 0 Å². The number of hydrogen-bond donors (Lipinski definition) is 1. The van der Waals surface area contributed by atoms with E-state index in [2.05, 4.69) is 21.2 Å². The highest BCUT2D eigenvalue weighted by atomic mass is 79.9. The normalized spacial score (nSPS) is 25.7. The molecular weight excluding hydrogens is 332 g/mol. The summed E-state index contributed by atoms with van der Waals surface area (Å²) in [5.74, 6) is -0.222. The van der Waals surface area contributed by atoms with Crippen LogP contribution in [0.25, 0.3) is 0 Å². The SMILES string of the molecule is CN1C=C2C(=C(Br)C(=O)C3=C2S(=O)(=O)CCN3)CC1. The maximum absolute atomic E-state index is 12.3. The molecule has 0 aromatic carbocycles. The second-order valence-corrected chi connectivity index (χ2v) is 7.68. The van der Waals surface area contributed by atoms with Crippen LogP contribution in [-0.2, 0) is 14.6 Å². The number of carbonyl (C=O) groups is 1. The van der Waals surface area contributed by atoms with E-state index >= 15 is 0 Å². The molecule has 0 spiro atoms. The van der Waals surface area contributed by atoms with Gasteiger partial charge in [-0.1, -0.05) is 0 Å². The van der Waals surface area contributed by atoms with Crippen molar-refractivity contribution in [2.45, 2.75) is 6.42 Å². The zero-order valence-corrected chi connectivity index (χ0v) is 12.8. The molecule has 1 N–H and O–H groups in total. The molecule has 0 atom stereocenters. The molecule has 5 nitrogen and oxygen atoms in total. The van der Waals surface area contributed by atoms with Crippen molar-refractivity contribution in [1.29, 1.82) is 0 Å². The lowest BCUT2D eigenvalue weighted by molar-refractivity contribution is -0.112. The van der Waals surface area contributed by atoms with Gasteiger partial charge in [0.15, 0.2) is 9.84 Å². The number of nitrogens with zero attached hydrogens (tertiary/aromatic N) is 1. The van der Waals surface area contributed by atoms with Crippen molar-refractivity contribution in [3.63, 3.8) is 0 Å². The Morgan fingerprint density at radius 3 is 2.89 bits per heavy atom. The highest BCUT2D eigenvalue weighted by Crippen LogP contribution is 2.41. The van der Waals surface area contributed by atoms with Crippen molar-refractivity contribution in [2.24, 2.45) is 0 Å². The van der Waals surface area contributed by atoms with E-state index in [1.165, 1.54) is 0 Å². The zero-order chi connectivity index (χ0) is 13.8. The largest absolute Gasteiger partial charge is 0.380 e. The molecule has 0 saturated heterocycles. The topological polar surface area (TPSA) is 66.5 Å². The quantitative estimate of drug-likeness (QED) is 0.699. The molecule has 1 aliphatic carbocycles. The van der Waals surface area contributed by atoms with E-state index in [9.17, 15) is 13.2 Å². The standard InChI is InChI=1S/C12H13BrN2O3S/c1-15-4-2-7-8(6-15)12-10(11(16)9(7)13)14-3-5-19(12,17)18/h6,14H,2-5H2,1H3. The third-order valence-corrected chi connectivity index (χ3v) is 6.16. The lowest BCUT2D eigenvalue weighted by atomic mass is 9.92. The highest BCUT2D eigenvalue weighted by molar-refractivity contribution is 9.12. The molecule has 0 aromatic rings. The van der Waals surface area contributed by atoms with Crippen LogP contribution in [0.15, 0.2) is 32.4 Å². The van der Waals surface area contributed by atoms with Crippen molar-refractivity contribution >= 4 is 31.6 Å². The van der Waals surface area contributed by atoms with Gasteiger partial charge in [0.25, 0.3) is 0 Å². The first-order valence-corrected chi connectivity index (χ1v) is 8.43. The molecule has 3 aliphatic rings. The van der Waals surface area contributed by atoms with E-state index in [1.807, 2.05) is 18.1 Å². The number of Topliss-reactive ketones (excluding diaryl/α,β-unsaturated/α-hetero) is 1. The number of nitrogens with one attached hydrogen (secondary N) is 1. The predicted octanol–water partition coefficient (Wildman–Crippen LogP) is 0.667. The van der Waals surface area contributed by atoms with Crippen molar-refractivity contribution in [1.82, 2.24) is 10.2 Å². The van der Waals surface area contributed by atoms with Gasteiger partial charge in [0.1, 0.15) is 10.6 Å². The molecule has 0 aromatic heterocycles. The molecule has 7 heteroatoms. The predicted molar refractivity (Wildman–Crippen MR) is 75.1 cm³/mol. The summed E-state index contributed by atoms with van der Waals surface area (Å²) in [6.07, 6.45) is 2.48. The van der Waals surface area contributed by atoms with Crippen molar-refractivity contribution < 1.29 is 13.2 Å². The first kappa shape index (κ1) is 12.9. The molecule has 0 saturated carbocycles. The monoisotopic (exact) mass is 344 g/mol. The Labute approximate surface area is 120 Å². The number of hydrogen-bond acceptors (Lipinski definition) is 5. The molecular formula is C12H13BrN2O3S. The van der Waals surface area contributed by atoms with Crippen LogP contribution in [0.3, 0.4) is 0 Å². The van der Waals surface area contributed by atoms with Gasteiger partial charge in [-0.2, -0.15) is 0 Å². The summed E-state index contributed by atoms with van der Waals surface area (Å²) < 4.78 is 25.0. The van der Waals surface area contributed by atoms with Gasteiger partial charge in [0.05, 0.1) is 10.2 Å². The minimum absolute atomic E-state index is 0.0328. The molecule has 2 aliphatic heterocycles. The number of allylic oxidation sites excluding steroid dienone is 2. The summed E-state index contributed by atoms with van der Waals surface area (Å²) in [6, 6.07) is 0. The van der Waals surface area contributed by atoms with Gasteiger partial charge in [-0.25, -0.2) is 8.42 Å². The highest BCUT2D eigenvalue weighted by Gasteiger charge is 2.40. The van der Waals surface area contributed by atoms with Gasteiger partial charge in [-0.05, 0) is 27.9 Å². The van der Waals surface area contributed by atoms with E-state index in [4.69, 9.17) is 0 Å². The second kappa shape index (κ2) is 4.21. The van der Waals surface area contributed by atoms with Crippen LogP contribution < -0.4 is 5.32 Å². The summed E-state index contributed by atoms with van der Waals surface area (Å²) in [4.78, 5) is 14.4. The van der Waals surface area contributed by atoms with Gasteiger partial charge in [0, 0.05) is 31.9 Å². The smallest absolute Gasteiger partial charge is 0.217 e. The molecule has 19 heavy (non-hydrogen) atoms. The Morgan fingerprint density at radius 1 is 1.42 bits per heavy atom. The fourth-order valence-electron chi connectivity index (χ4n) is 2.59. The van der Waals surface area contributed by atoms with Crippen LogP contribution in [0.2, 0.25) is 0 Å². The lowest BCUT2D eigenvalue weighted by Gasteiger charge is -2.33. The van der Waals surface area contributed by atoms with Crippen LogP contribution >= 0.6 is 15.9 Å². The van der Waals surface area contributed by atoms with Gasteiger partial charge in [0.2, 0.25) is 5.78 Å². The van der Waals surface area contributed by atoms with E-state index in [1.54, 1.807) is 0 Å². The van der Waals surface area contributed by atoms with Crippen LogP contribution in [-0.4, -0.2) is 45.0 Å². The number of ketones is 1. The van der Waals surface area contributed by atoms with Gasteiger partial charge in [-0.3, -0.25) is 4.79 Å². The molecule has 0 fully saturated rings. The summed E-state index contributed by atoms with van der Waals surface area (Å²) in [6.45, 7) is 1.06. The fraction of sp³-hybridized carbons (Fsp3) is 0.417. The molecule has 102 valence electrons. The average molecular weight is 345 g/mol. The van der Waals surface area contributed by atoms with E-state index in [0.29, 0.717) is 16.5 Å². The number of fused-ring (bicyclic) bond motifs is 2. The maximum atomic E-state index is 12.3. The minimum Gasteiger partial charge on any atom is -0.380 e. The number of halogens is 1. The van der Waals surface area contributed by atoms with Gasteiger partial charge >= 0.3 is 0 Å². The Kier molecular flexibility index (Phi) is 2.86. The third kappa shape index (κ3) is 1.87. The Hall–Kier alpha value is -1.08. The lowest BCUT2D eigenvalue weighted by Crippen LogP contribution is -2.39. The summed E-state index contributed by atoms with van der Waals surface area (Å²) in [5.41, 5.74) is 1.67. The van der Waals surface area contributed by atoms with E-state index < -0.39 is 9.84 Å². The molecule has 0 amide bonds. The number of sulfone groups is 1. The van der Waals surface area contributed by atoms with Crippen LogP contribution in [0.1, 0.15) is 6.42 Å².